The van der Waals surface area contributed by atoms with Gasteiger partial charge in [-0.05, 0) is 24.5 Å². The number of benzene rings is 1. The minimum atomic E-state index is -0.357. The van der Waals surface area contributed by atoms with Crippen LogP contribution in [0.5, 0.6) is 0 Å². The van der Waals surface area contributed by atoms with E-state index in [9.17, 15) is 9.59 Å². The molecule has 0 fully saturated rings. The van der Waals surface area contributed by atoms with Crippen LogP contribution in [0.25, 0.3) is 0 Å². The Hall–Kier alpha value is -2.30. The minimum Gasteiger partial charge on any atom is -0.333 e. The topological polar surface area (TPSA) is 61.4 Å². The molecule has 0 spiro atoms. The van der Waals surface area contributed by atoms with E-state index < -0.39 is 0 Å². The van der Waals surface area contributed by atoms with Crippen molar-refractivity contribution >= 4 is 11.9 Å². The Labute approximate surface area is 130 Å². The van der Waals surface area contributed by atoms with Crippen molar-refractivity contribution in [1.29, 1.82) is 0 Å². The van der Waals surface area contributed by atoms with Crippen molar-refractivity contribution in [3.05, 3.63) is 46.7 Å². The smallest absolute Gasteiger partial charge is 0.319 e. The van der Waals surface area contributed by atoms with Crippen LogP contribution in [0.15, 0.2) is 35.5 Å². The van der Waals surface area contributed by atoms with E-state index in [4.69, 9.17) is 0 Å². The van der Waals surface area contributed by atoms with Gasteiger partial charge in [-0.25, -0.2) is 4.79 Å². The van der Waals surface area contributed by atoms with Gasteiger partial charge < -0.3 is 15.5 Å². The Morgan fingerprint density at radius 1 is 1.27 bits per heavy atom. The van der Waals surface area contributed by atoms with Crippen molar-refractivity contribution < 1.29 is 9.59 Å². The summed E-state index contributed by atoms with van der Waals surface area (Å²) in [5, 5.41) is 5.70. The number of nitrogens with zero attached hydrogens (tertiary/aromatic N) is 1. The quantitative estimate of drug-likeness (QED) is 0.895. The molecular weight excluding hydrogens is 278 g/mol. The summed E-state index contributed by atoms with van der Waals surface area (Å²) in [5.41, 5.74) is 3.49. The van der Waals surface area contributed by atoms with Crippen LogP contribution in [0, 0.1) is 6.92 Å². The van der Waals surface area contributed by atoms with E-state index in [0.29, 0.717) is 12.1 Å². The van der Waals surface area contributed by atoms with E-state index >= 15 is 0 Å². The molecule has 0 saturated heterocycles. The largest absolute Gasteiger partial charge is 0.333 e. The predicted octanol–water partition coefficient (Wildman–Crippen LogP) is 2.25. The lowest BCUT2D eigenvalue weighted by molar-refractivity contribution is -0.125. The van der Waals surface area contributed by atoms with Crippen LogP contribution in [0.2, 0.25) is 0 Å². The van der Waals surface area contributed by atoms with Crippen molar-refractivity contribution in [3.63, 3.8) is 0 Å². The number of carbonyl (C=O) groups excluding carboxylic acids is 2. The molecule has 2 aliphatic heterocycles. The maximum atomic E-state index is 12.7. The molecule has 5 heteroatoms. The van der Waals surface area contributed by atoms with E-state index in [2.05, 4.69) is 17.6 Å². The number of urea groups is 1. The van der Waals surface area contributed by atoms with Crippen LogP contribution in [0.3, 0.4) is 0 Å². The molecule has 1 aromatic carbocycles. The molecule has 0 aliphatic carbocycles. The van der Waals surface area contributed by atoms with Crippen LogP contribution in [-0.4, -0.2) is 29.9 Å². The molecule has 22 heavy (non-hydrogen) atoms. The number of rotatable bonds is 4. The molecule has 116 valence electrons. The summed E-state index contributed by atoms with van der Waals surface area (Å²) in [6.07, 6.45) is 2.02. The highest BCUT2D eigenvalue weighted by Crippen LogP contribution is 2.33. The zero-order valence-electron chi connectivity index (χ0n) is 13.0. The highest BCUT2D eigenvalue weighted by molar-refractivity contribution is 6.01. The maximum Gasteiger partial charge on any atom is 0.319 e. The van der Waals surface area contributed by atoms with Crippen LogP contribution in [0.1, 0.15) is 36.9 Å². The molecule has 5 nitrogen and oxygen atoms in total. The summed E-state index contributed by atoms with van der Waals surface area (Å²) in [7, 11) is 0. The number of carbonyl (C=O) groups is 2. The van der Waals surface area contributed by atoms with Crippen LogP contribution < -0.4 is 10.6 Å². The van der Waals surface area contributed by atoms with Gasteiger partial charge in [0, 0.05) is 6.54 Å². The number of aryl methyl sites for hydroxylation is 1. The fourth-order valence-electron chi connectivity index (χ4n) is 3.10. The fourth-order valence-corrected chi connectivity index (χ4v) is 3.10. The molecule has 2 heterocycles. The van der Waals surface area contributed by atoms with Crippen molar-refractivity contribution in [1.82, 2.24) is 15.5 Å². The summed E-state index contributed by atoms with van der Waals surface area (Å²) in [6.45, 7) is 5.34. The van der Waals surface area contributed by atoms with Gasteiger partial charge in [-0.3, -0.25) is 4.79 Å². The van der Waals surface area contributed by atoms with Crippen LogP contribution in [0.4, 0.5) is 4.79 Å². The monoisotopic (exact) mass is 299 g/mol. The molecule has 1 aromatic rings. The van der Waals surface area contributed by atoms with Gasteiger partial charge in [-0.1, -0.05) is 37.6 Å². The van der Waals surface area contributed by atoms with Gasteiger partial charge in [0.15, 0.2) is 0 Å². The van der Waals surface area contributed by atoms with Crippen LogP contribution in [-0.2, 0) is 4.79 Å². The van der Waals surface area contributed by atoms with Gasteiger partial charge in [0.1, 0.15) is 0 Å². The van der Waals surface area contributed by atoms with Gasteiger partial charge in [0.2, 0.25) is 0 Å². The Balaban J connectivity index is 1.95. The first-order valence-corrected chi connectivity index (χ1v) is 7.77. The Morgan fingerprint density at radius 3 is 2.77 bits per heavy atom. The Kier molecular flexibility index (Phi) is 3.88. The summed E-state index contributed by atoms with van der Waals surface area (Å²) in [5.74, 6) is 0.0317. The summed E-state index contributed by atoms with van der Waals surface area (Å²) >= 11 is 0. The molecule has 0 aromatic heterocycles. The summed E-state index contributed by atoms with van der Waals surface area (Å²) in [6, 6.07) is 7.27. The summed E-state index contributed by atoms with van der Waals surface area (Å²) in [4.78, 5) is 26.5. The van der Waals surface area contributed by atoms with Gasteiger partial charge >= 0.3 is 6.03 Å². The minimum absolute atomic E-state index is 0.0317. The van der Waals surface area contributed by atoms with Gasteiger partial charge in [-0.15, -0.1) is 0 Å². The average Bonchev–Trinajstić information content (AvgIpc) is 2.81. The molecule has 0 radical (unpaired) electrons. The lowest BCUT2D eigenvalue weighted by Crippen LogP contribution is -2.44. The Bertz CT molecular complexity index is 651. The third-order valence-corrected chi connectivity index (χ3v) is 4.30. The first-order chi connectivity index (χ1) is 10.6. The Morgan fingerprint density at radius 2 is 2.05 bits per heavy atom. The third kappa shape index (κ3) is 2.47. The lowest BCUT2D eigenvalue weighted by atomic mass is 9.93. The standard InChI is InChI=1S/C17H21N3O2/c1-3-4-9-20-10-13-14(16(20)21)15(19-17(22)18-13)12-8-6-5-7-11(12)2/h5-8,15H,3-4,9-10H2,1-2H3,(H2,18,19,22). The highest BCUT2D eigenvalue weighted by atomic mass is 16.2. The summed E-state index contributed by atoms with van der Waals surface area (Å²) < 4.78 is 0. The third-order valence-electron chi connectivity index (χ3n) is 4.30. The van der Waals surface area contributed by atoms with E-state index in [-0.39, 0.29) is 18.0 Å². The zero-order chi connectivity index (χ0) is 15.7. The number of amides is 3. The lowest BCUT2D eigenvalue weighted by Gasteiger charge is -2.26. The SMILES string of the molecule is CCCCN1CC2=C(C1=O)C(c1ccccc1C)NC(=O)N2. The number of hydrogen-bond acceptors (Lipinski definition) is 2. The van der Waals surface area contributed by atoms with Crippen molar-refractivity contribution in [2.75, 3.05) is 13.1 Å². The second kappa shape index (κ2) is 5.83. The second-order valence-electron chi connectivity index (χ2n) is 5.86. The molecule has 2 aliphatic rings. The fraction of sp³-hybridized carbons (Fsp3) is 0.412. The number of hydrogen-bond donors (Lipinski definition) is 2. The molecule has 1 unspecified atom stereocenters. The normalized spacial score (nSPS) is 20.8. The van der Waals surface area contributed by atoms with Crippen molar-refractivity contribution in [3.8, 4) is 0 Å². The number of unbranched alkanes of at least 4 members (excludes halogenated alkanes) is 1. The first-order valence-electron chi connectivity index (χ1n) is 7.77. The first kappa shape index (κ1) is 14.6. The van der Waals surface area contributed by atoms with Crippen molar-refractivity contribution in [2.45, 2.75) is 32.7 Å². The zero-order valence-corrected chi connectivity index (χ0v) is 13.0. The molecular formula is C17H21N3O2. The maximum absolute atomic E-state index is 12.7. The van der Waals surface area contributed by atoms with Gasteiger partial charge in [0.25, 0.3) is 5.91 Å². The average molecular weight is 299 g/mol. The van der Waals surface area contributed by atoms with E-state index in [1.54, 1.807) is 0 Å². The molecule has 0 bridgehead atoms. The molecule has 2 N–H and O–H groups in total. The second-order valence-corrected chi connectivity index (χ2v) is 5.86. The predicted molar refractivity (Wildman–Crippen MR) is 84.1 cm³/mol. The number of nitrogens with one attached hydrogen (secondary N) is 2. The molecule has 1 atom stereocenters. The van der Waals surface area contributed by atoms with Gasteiger partial charge in [-0.2, -0.15) is 0 Å². The van der Waals surface area contributed by atoms with E-state index in [1.165, 1.54) is 0 Å². The van der Waals surface area contributed by atoms with Gasteiger partial charge in [0.05, 0.1) is 23.9 Å². The molecule has 0 saturated carbocycles. The molecule has 3 rings (SSSR count). The highest BCUT2D eigenvalue weighted by Gasteiger charge is 2.40. The van der Waals surface area contributed by atoms with E-state index in [1.807, 2.05) is 36.1 Å². The van der Waals surface area contributed by atoms with Crippen molar-refractivity contribution in [2.24, 2.45) is 0 Å². The molecule has 3 amide bonds. The van der Waals surface area contributed by atoms with E-state index in [0.717, 1.165) is 36.2 Å². The van der Waals surface area contributed by atoms with Crippen LogP contribution >= 0.6 is 0 Å².